The zero-order chi connectivity index (χ0) is 15.0. The van der Waals surface area contributed by atoms with E-state index in [1.807, 2.05) is 0 Å². The van der Waals surface area contributed by atoms with Crippen molar-refractivity contribution in [1.29, 1.82) is 0 Å². The Hall–Kier alpha value is -1.03. The minimum atomic E-state index is 0.917. The van der Waals surface area contributed by atoms with Crippen molar-refractivity contribution in [2.75, 3.05) is 24.5 Å². The number of hydrogen-bond donors (Lipinski definition) is 1. The molecular weight excluding hydrogens is 248 g/mol. The van der Waals surface area contributed by atoms with E-state index in [1.54, 1.807) is 0 Å². The molecule has 0 bridgehead atoms. The number of anilines is 1. The lowest BCUT2D eigenvalue weighted by Gasteiger charge is -2.26. The van der Waals surface area contributed by atoms with Crippen molar-refractivity contribution in [3.05, 3.63) is 11.3 Å². The smallest absolute Gasteiger partial charge is 0.131 e. The van der Waals surface area contributed by atoms with E-state index >= 15 is 0 Å². The molecule has 0 saturated carbocycles. The first-order valence-corrected chi connectivity index (χ1v) is 8.13. The van der Waals surface area contributed by atoms with Gasteiger partial charge in [-0.15, -0.1) is 0 Å². The standard InChI is InChI=1S/C16H32N4/c1-6-9-11-20(12-10-7-2)16-15(13-17-8-3)14(4)18-19(16)5/h17H,6-13H2,1-5H3. The van der Waals surface area contributed by atoms with Gasteiger partial charge in [0, 0.05) is 32.2 Å². The van der Waals surface area contributed by atoms with Crippen molar-refractivity contribution < 1.29 is 0 Å². The Bertz CT molecular complexity index is 376. The molecule has 20 heavy (non-hydrogen) atoms. The van der Waals surface area contributed by atoms with E-state index in [0.717, 1.165) is 31.9 Å². The number of unbranched alkanes of at least 4 members (excludes halogenated alkanes) is 2. The number of rotatable bonds is 10. The molecule has 1 heterocycles. The largest absolute Gasteiger partial charge is 0.357 e. The first-order chi connectivity index (χ1) is 9.65. The summed E-state index contributed by atoms with van der Waals surface area (Å²) in [5, 5.41) is 8.08. The van der Waals surface area contributed by atoms with Crippen LogP contribution in [0.1, 0.15) is 57.7 Å². The first kappa shape index (κ1) is 17.0. The molecule has 0 saturated heterocycles. The zero-order valence-electron chi connectivity index (χ0n) is 14.0. The lowest BCUT2D eigenvalue weighted by Crippen LogP contribution is -2.29. The fourth-order valence-corrected chi connectivity index (χ4v) is 2.56. The quantitative estimate of drug-likeness (QED) is 0.714. The molecule has 0 amide bonds. The van der Waals surface area contributed by atoms with Gasteiger partial charge in [0.1, 0.15) is 5.82 Å². The van der Waals surface area contributed by atoms with Crippen molar-refractivity contribution in [2.45, 2.75) is 59.9 Å². The summed E-state index contributed by atoms with van der Waals surface area (Å²) in [6, 6.07) is 0. The van der Waals surface area contributed by atoms with Crippen LogP contribution in [0.5, 0.6) is 0 Å². The van der Waals surface area contributed by atoms with Crippen molar-refractivity contribution >= 4 is 5.82 Å². The second-order valence-electron chi connectivity index (χ2n) is 5.49. The fourth-order valence-electron chi connectivity index (χ4n) is 2.56. The van der Waals surface area contributed by atoms with Gasteiger partial charge in [-0.2, -0.15) is 5.10 Å². The van der Waals surface area contributed by atoms with Crippen LogP contribution in [0.15, 0.2) is 0 Å². The van der Waals surface area contributed by atoms with Gasteiger partial charge < -0.3 is 10.2 Å². The molecule has 0 unspecified atom stereocenters. The van der Waals surface area contributed by atoms with Crippen molar-refractivity contribution in [3.8, 4) is 0 Å². The van der Waals surface area contributed by atoms with Gasteiger partial charge in [0.25, 0.3) is 0 Å². The Morgan fingerprint density at radius 3 is 2.20 bits per heavy atom. The van der Waals surface area contributed by atoms with E-state index in [-0.39, 0.29) is 0 Å². The van der Waals surface area contributed by atoms with Crippen LogP contribution in [-0.4, -0.2) is 29.4 Å². The average molecular weight is 280 g/mol. The summed E-state index contributed by atoms with van der Waals surface area (Å²) >= 11 is 0. The highest BCUT2D eigenvalue weighted by Crippen LogP contribution is 2.24. The normalized spacial score (nSPS) is 11.1. The number of nitrogens with one attached hydrogen (secondary N) is 1. The second-order valence-corrected chi connectivity index (χ2v) is 5.49. The maximum Gasteiger partial charge on any atom is 0.131 e. The van der Waals surface area contributed by atoms with E-state index in [0.29, 0.717) is 0 Å². The molecule has 0 fully saturated rings. The topological polar surface area (TPSA) is 33.1 Å². The van der Waals surface area contributed by atoms with E-state index in [1.165, 1.54) is 37.1 Å². The SMILES string of the molecule is CCCCN(CCCC)c1c(CNCC)c(C)nn1C. The van der Waals surface area contributed by atoms with Gasteiger partial charge in [-0.25, -0.2) is 0 Å². The van der Waals surface area contributed by atoms with Crippen molar-refractivity contribution in [1.82, 2.24) is 15.1 Å². The van der Waals surface area contributed by atoms with Gasteiger partial charge in [-0.3, -0.25) is 4.68 Å². The maximum absolute atomic E-state index is 4.64. The molecule has 1 rings (SSSR count). The first-order valence-electron chi connectivity index (χ1n) is 8.13. The molecule has 4 nitrogen and oxygen atoms in total. The third kappa shape index (κ3) is 4.51. The van der Waals surface area contributed by atoms with Gasteiger partial charge >= 0.3 is 0 Å². The van der Waals surface area contributed by atoms with Crippen LogP contribution in [0.3, 0.4) is 0 Å². The van der Waals surface area contributed by atoms with Crippen LogP contribution in [0, 0.1) is 6.92 Å². The average Bonchev–Trinajstić information content (AvgIpc) is 2.71. The Labute approximate surface area is 124 Å². The molecule has 1 N–H and O–H groups in total. The molecule has 0 aromatic carbocycles. The van der Waals surface area contributed by atoms with Crippen LogP contribution in [0.4, 0.5) is 5.82 Å². The van der Waals surface area contributed by atoms with Crippen LogP contribution in [0.2, 0.25) is 0 Å². The molecule has 1 aromatic rings. The van der Waals surface area contributed by atoms with Gasteiger partial charge in [-0.05, 0) is 26.3 Å². The number of hydrogen-bond acceptors (Lipinski definition) is 3. The highest BCUT2D eigenvalue weighted by Gasteiger charge is 2.18. The number of nitrogens with zero attached hydrogens (tertiary/aromatic N) is 3. The number of aryl methyl sites for hydroxylation is 2. The molecule has 1 aromatic heterocycles. The Kier molecular flexibility index (Phi) is 7.67. The molecule has 0 aliphatic rings. The molecular formula is C16H32N4. The lowest BCUT2D eigenvalue weighted by molar-refractivity contribution is 0.636. The van der Waals surface area contributed by atoms with E-state index < -0.39 is 0 Å². The predicted octanol–water partition coefficient (Wildman–Crippen LogP) is 3.24. The Morgan fingerprint density at radius 1 is 1.10 bits per heavy atom. The van der Waals surface area contributed by atoms with Gasteiger partial charge in [0.05, 0.1) is 5.69 Å². The monoisotopic (exact) mass is 280 g/mol. The van der Waals surface area contributed by atoms with E-state index in [2.05, 4.69) is 54.7 Å². The van der Waals surface area contributed by atoms with E-state index in [9.17, 15) is 0 Å². The number of aromatic nitrogens is 2. The minimum Gasteiger partial charge on any atom is -0.357 e. The van der Waals surface area contributed by atoms with Gasteiger partial charge in [-0.1, -0.05) is 33.6 Å². The van der Waals surface area contributed by atoms with Crippen LogP contribution >= 0.6 is 0 Å². The summed E-state index contributed by atoms with van der Waals surface area (Å²) in [6.07, 6.45) is 4.97. The lowest BCUT2D eigenvalue weighted by atomic mass is 10.2. The molecule has 0 aliphatic heterocycles. The van der Waals surface area contributed by atoms with E-state index in [4.69, 9.17) is 0 Å². The van der Waals surface area contributed by atoms with Gasteiger partial charge in [0.15, 0.2) is 0 Å². The highest BCUT2D eigenvalue weighted by atomic mass is 15.4. The molecule has 0 aliphatic carbocycles. The van der Waals surface area contributed by atoms with Crippen LogP contribution in [0.25, 0.3) is 0 Å². The maximum atomic E-state index is 4.64. The van der Waals surface area contributed by atoms with Gasteiger partial charge in [0.2, 0.25) is 0 Å². The highest BCUT2D eigenvalue weighted by molar-refractivity contribution is 5.50. The summed E-state index contributed by atoms with van der Waals surface area (Å²) in [7, 11) is 2.07. The Morgan fingerprint density at radius 2 is 1.70 bits per heavy atom. The summed E-state index contributed by atoms with van der Waals surface area (Å²) in [5.41, 5.74) is 2.52. The zero-order valence-corrected chi connectivity index (χ0v) is 14.0. The predicted molar refractivity (Wildman–Crippen MR) is 87.4 cm³/mol. The summed E-state index contributed by atoms with van der Waals surface area (Å²) in [4.78, 5) is 2.53. The van der Waals surface area contributed by atoms with Crippen molar-refractivity contribution in [3.63, 3.8) is 0 Å². The molecule has 0 atom stereocenters. The van der Waals surface area contributed by atoms with Crippen LogP contribution in [-0.2, 0) is 13.6 Å². The van der Waals surface area contributed by atoms with Crippen molar-refractivity contribution in [2.24, 2.45) is 7.05 Å². The summed E-state index contributed by atoms with van der Waals surface area (Å²) in [5.74, 6) is 1.31. The fraction of sp³-hybridized carbons (Fsp3) is 0.812. The summed E-state index contributed by atoms with van der Waals surface area (Å²) < 4.78 is 2.06. The summed E-state index contributed by atoms with van der Waals surface area (Å²) in [6.45, 7) is 13.0. The van der Waals surface area contributed by atoms with Crippen LogP contribution < -0.4 is 10.2 Å². The third-order valence-electron chi connectivity index (χ3n) is 3.73. The minimum absolute atomic E-state index is 0.917. The molecule has 0 radical (unpaired) electrons. The second kappa shape index (κ2) is 9.01. The Balaban J connectivity index is 2.96. The molecule has 116 valence electrons. The molecule has 4 heteroatoms. The third-order valence-corrected chi connectivity index (χ3v) is 3.73. The molecule has 0 spiro atoms.